The van der Waals surface area contributed by atoms with Gasteiger partial charge in [-0.1, -0.05) is 30.3 Å². The average Bonchev–Trinajstić information content (AvgIpc) is 2.77. The number of hydrogen-bond donors (Lipinski definition) is 2. The van der Waals surface area contributed by atoms with Gasteiger partial charge in [0, 0.05) is 12.2 Å². The lowest BCUT2D eigenvalue weighted by molar-refractivity contribution is 0.0601. The zero-order valence-electron chi connectivity index (χ0n) is 16.4. The monoisotopic (exact) mass is 424 g/mol. The molecule has 0 aromatic heterocycles. The van der Waals surface area contributed by atoms with E-state index in [0.29, 0.717) is 29.5 Å². The van der Waals surface area contributed by atoms with E-state index in [1.807, 2.05) is 30.3 Å². The molecule has 0 unspecified atom stereocenters. The van der Waals surface area contributed by atoms with Gasteiger partial charge in [-0.25, -0.2) is 9.18 Å². The maximum Gasteiger partial charge on any atom is 0.337 e. The Bertz CT molecular complexity index is 1010. The molecule has 0 saturated heterocycles. The molecule has 0 heterocycles. The molecule has 7 heteroatoms. The van der Waals surface area contributed by atoms with Crippen LogP contribution in [-0.2, 0) is 17.9 Å². The molecule has 3 aromatic carbocycles. The van der Waals surface area contributed by atoms with Crippen LogP contribution in [0.1, 0.15) is 21.5 Å². The largest absolute Gasteiger partial charge is 0.489 e. The SMILES string of the molecule is COC(=O)c1cccc(NC(=S)NCc2ccc(OCc3ccc(F)cc3)cc2)c1. The number of esters is 1. The van der Waals surface area contributed by atoms with Crippen LogP contribution in [0.25, 0.3) is 0 Å². The summed E-state index contributed by atoms with van der Waals surface area (Å²) in [5.41, 5.74) is 3.06. The minimum Gasteiger partial charge on any atom is -0.489 e. The number of rotatable bonds is 7. The third-order valence-corrected chi connectivity index (χ3v) is 4.48. The van der Waals surface area contributed by atoms with E-state index in [2.05, 4.69) is 10.6 Å². The molecule has 154 valence electrons. The lowest BCUT2D eigenvalue weighted by atomic mass is 10.2. The molecular weight excluding hydrogens is 403 g/mol. The number of halogens is 1. The maximum atomic E-state index is 12.9. The molecule has 0 saturated carbocycles. The number of hydrogen-bond acceptors (Lipinski definition) is 4. The predicted molar refractivity (Wildman–Crippen MR) is 118 cm³/mol. The van der Waals surface area contributed by atoms with Gasteiger partial charge < -0.3 is 20.1 Å². The quantitative estimate of drug-likeness (QED) is 0.424. The summed E-state index contributed by atoms with van der Waals surface area (Å²) in [6.45, 7) is 0.900. The number of nitrogens with one attached hydrogen (secondary N) is 2. The third-order valence-electron chi connectivity index (χ3n) is 4.24. The number of carbonyl (C=O) groups excluding carboxylic acids is 1. The first-order valence-corrected chi connectivity index (χ1v) is 9.64. The molecular formula is C23H21FN2O3S. The molecule has 0 spiro atoms. The van der Waals surface area contributed by atoms with Crippen molar-refractivity contribution in [1.82, 2.24) is 5.32 Å². The maximum absolute atomic E-state index is 12.9. The molecule has 0 bridgehead atoms. The molecule has 2 N–H and O–H groups in total. The molecule has 0 aliphatic rings. The second-order valence-electron chi connectivity index (χ2n) is 6.44. The summed E-state index contributed by atoms with van der Waals surface area (Å²) in [5.74, 6) is 0.0573. The molecule has 0 fully saturated rings. The van der Waals surface area contributed by atoms with Crippen LogP contribution in [0.15, 0.2) is 72.8 Å². The van der Waals surface area contributed by atoms with Gasteiger partial charge in [-0.05, 0) is 65.8 Å². The Labute approximate surface area is 179 Å². The smallest absolute Gasteiger partial charge is 0.337 e. The number of methoxy groups -OCH3 is 1. The van der Waals surface area contributed by atoms with E-state index in [-0.39, 0.29) is 5.82 Å². The minimum absolute atomic E-state index is 0.265. The van der Waals surface area contributed by atoms with Gasteiger partial charge in [0.15, 0.2) is 5.11 Å². The summed E-state index contributed by atoms with van der Waals surface area (Å²) < 4.78 is 23.4. The zero-order chi connectivity index (χ0) is 21.3. The molecule has 0 aliphatic carbocycles. The zero-order valence-corrected chi connectivity index (χ0v) is 17.2. The molecule has 0 aliphatic heterocycles. The van der Waals surface area contributed by atoms with Gasteiger partial charge in [0.2, 0.25) is 0 Å². The topological polar surface area (TPSA) is 59.6 Å². The van der Waals surface area contributed by atoms with Gasteiger partial charge in [0.1, 0.15) is 18.2 Å². The highest BCUT2D eigenvalue weighted by Gasteiger charge is 2.06. The minimum atomic E-state index is -0.403. The Kier molecular flexibility index (Phi) is 7.34. The summed E-state index contributed by atoms with van der Waals surface area (Å²) in [7, 11) is 1.34. The lowest BCUT2D eigenvalue weighted by Gasteiger charge is -2.12. The van der Waals surface area contributed by atoms with Crippen molar-refractivity contribution in [3.05, 3.63) is 95.3 Å². The highest BCUT2D eigenvalue weighted by Crippen LogP contribution is 2.15. The van der Waals surface area contributed by atoms with Crippen molar-refractivity contribution in [2.24, 2.45) is 0 Å². The number of carbonyl (C=O) groups is 1. The Balaban J connectivity index is 1.47. The van der Waals surface area contributed by atoms with Crippen molar-refractivity contribution < 1.29 is 18.7 Å². The standard InChI is InChI=1S/C23H21FN2O3S/c1-28-22(27)18-3-2-4-20(13-18)26-23(30)25-14-16-7-11-21(12-8-16)29-15-17-5-9-19(24)10-6-17/h2-13H,14-15H2,1H3,(H2,25,26,30). The van der Waals surface area contributed by atoms with E-state index in [9.17, 15) is 9.18 Å². The average molecular weight is 424 g/mol. The predicted octanol–water partition coefficient (Wildman–Crippen LogP) is 4.68. The summed E-state index contributed by atoms with van der Waals surface area (Å²) in [6.07, 6.45) is 0. The van der Waals surface area contributed by atoms with E-state index < -0.39 is 5.97 Å². The number of anilines is 1. The fraction of sp³-hybridized carbons (Fsp3) is 0.130. The summed E-state index contributed by atoms with van der Waals surface area (Å²) in [5, 5.41) is 6.61. The van der Waals surface area contributed by atoms with Crippen LogP contribution in [0.4, 0.5) is 10.1 Å². The Hall–Kier alpha value is -3.45. The first kappa shape index (κ1) is 21.3. The third kappa shape index (κ3) is 6.28. The number of ether oxygens (including phenoxy) is 2. The van der Waals surface area contributed by atoms with Crippen molar-refractivity contribution in [2.45, 2.75) is 13.2 Å². The lowest BCUT2D eigenvalue weighted by Crippen LogP contribution is -2.27. The highest BCUT2D eigenvalue weighted by molar-refractivity contribution is 7.80. The molecule has 3 aromatic rings. The van der Waals surface area contributed by atoms with Gasteiger partial charge in [0.25, 0.3) is 0 Å². The summed E-state index contributed by atoms with van der Waals surface area (Å²) >= 11 is 5.31. The van der Waals surface area contributed by atoms with Gasteiger partial charge in [-0.3, -0.25) is 0 Å². The molecule has 0 atom stereocenters. The van der Waals surface area contributed by atoms with Gasteiger partial charge in [-0.15, -0.1) is 0 Å². The molecule has 0 amide bonds. The van der Waals surface area contributed by atoms with Crippen LogP contribution < -0.4 is 15.4 Å². The Morgan fingerprint density at radius 2 is 1.70 bits per heavy atom. The van der Waals surface area contributed by atoms with Gasteiger partial charge >= 0.3 is 5.97 Å². The van der Waals surface area contributed by atoms with E-state index in [0.717, 1.165) is 16.9 Å². The summed E-state index contributed by atoms with van der Waals surface area (Å²) in [6, 6.07) is 20.8. The number of thiocarbonyl (C=S) groups is 1. The van der Waals surface area contributed by atoms with Crippen LogP contribution in [0.5, 0.6) is 5.75 Å². The van der Waals surface area contributed by atoms with E-state index in [1.54, 1.807) is 30.3 Å². The van der Waals surface area contributed by atoms with Crippen LogP contribution in [0.2, 0.25) is 0 Å². The van der Waals surface area contributed by atoms with Crippen LogP contribution in [0, 0.1) is 5.82 Å². The van der Waals surface area contributed by atoms with Crippen molar-refractivity contribution in [1.29, 1.82) is 0 Å². The van der Waals surface area contributed by atoms with E-state index >= 15 is 0 Å². The Morgan fingerprint density at radius 1 is 1.00 bits per heavy atom. The van der Waals surface area contributed by atoms with Crippen molar-refractivity contribution >= 4 is 29.0 Å². The van der Waals surface area contributed by atoms with Crippen LogP contribution in [0.3, 0.4) is 0 Å². The van der Waals surface area contributed by atoms with Crippen molar-refractivity contribution in [3.8, 4) is 5.75 Å². The van der Waals surface area contributed by atoms with Crippen LogP contribution >= 0.6 is 12.2 Å². The molecule has 30 heavy (non-hydrogen) atoms. The number of benzene rings is 3. The second-order valence-corrected chi connectivity index (χ2v) is 6.85. The molecule has 0 radical (unpaired) electrons. The van der Waals surface area contributed by atoms with Gasteiger partial charge in [-0.2, -0.15) is 0 Å². The van der Waals surface area contributed by atoms with Gasteiger partial charge in [0.05, 0.1) is 12.7 Å². The fourth-order valence-corrected chi connectivity index (χ4v) is 2.84. The Morgan fingerprint density at radius 3 is 2.40 bits per heavy atom. The molecule has 3 rings (SSSR count). The summed E-state index contributed by atoms with van der Waals surface area (Å²) in [4.78, 5) is 11.6. The first-order chi connectivity index (χ1) is 14.5. The normalized spacial score (nSPS) is 10.2. The molecule has 5 nitrogen and oxygen atoms in total. The second kappa shape index (κ2) is 10.4. The van der Waals surface area contributed by atoms with Crippen LogP contribution in [-0.4, -0.2) is 18.2 Å². The van der Waals surface area contributed by atoms with E-state index in [4.69, 9.17) is 21.7 Å². The van der Waals surface area contributed by atoms with Crippen molar-refractivity contribution in [2.75, 3.05) is 12.4 Å². The highest BCUT2D eigenvalue weighted by atomic mass is 32.1. The van der Waals surface area contributed by atoms with Crippen molar-refractivity contribution in [3.63, 3.8) is 0 Å². The van der Waals surface area contributed by atoms with E-state index in [1.165, 1.54) is 19.2 Å². The first-order valence-electron chi connectivity index (χ1n) is 9.23. The fourth-order valence-electron chi connectivity index (χ4n) is 2.65.